The van der Waals surface area contributed by atoms with Crippen molar-refractivity contribution in [3.63, 3.8) is 0 Å². The first-order valence-electron chi connectivity index (χ1n) is 5.92. The molecular formula is C16H14ClNO. The van der Waals surface area contributed by atoms with E-state index in [0.29, 0.717) is 5.02 Å². The molecule has 2 rings (SSSR count). The maximum atomic E-state index is 10.9. The predicted molar refractivity (Wildman–Crippen MR) is 80.3 cm³/mol. The van der Waals surface area contributed by atoms with Crippen LogP contribution in [-0.2, 0) is 4.79 Å². The van der Waals surface area contributed by atoms with E-state index in [1.807, 2.05) is 66.5 Å². The lowest BCUT2D eigenvalue weighted by atomic mass is 10.1. The van der Waals surface area contributed by atoms with E-state index in [1.54, 1.807) is 6.08 Å². The number of anilines is 1. The molecule has 0 saturated heterocycles. The molecule has 0 aromatic heterocycles. The fourth-order valence-electron chi connectivity index (χ4n) is 1.88. The van der Waals surface area contributed by atoms with Crippen LogP contribution in [0.1, 0.15) is 5.56 Å². The van der Waals surface area contributed by atoms with Gasteiger partial charge >= 0.3 is 0 Å². The number of carbonyl (C=O) groups excluding carboxylic acids is 1. The highest BCUT2D eigenvalue weighted by molar-refractivity contribution is 6.30. The fraction of sp³-hybridized carbons (Fsp3) is 0.0625. The molecule has 0 aliphatic carbocycles. The molecule has 0 radical (unpaired) electrons. The van der Waals surface area contributed by atoms with Gasteiger partial charge in [0.05, 0.1) is 5.70 Å². The minimum absolute atomic E-state index is 0.692. The van der Waals surface area contributed by atoms with Gasteiger partial charge in [-0.05, 0) is 29.8 Å². The van der Waals surface area contributed by atoms with Gasteiger partial charge in [-0.15, -0.1) is 0 Å². The standard InChI is InChI=1S/C16H14ClNO/c1-18(15-9-7-14(17)8-10-15)16(11-12-19)13-5-3-2-4-6-13/h2-12H,1H3/b16-11+. The Kier molecular flexibility index (Phi) is 4.37. The Balaban J connectivity index is 2.38. The molecule has 0 spiro atoms. The van der Waals surface area contributed by atoms with Gasteiger partial charge in [0.2, 0.25) is 0 Å². The van der Waals surface area contributed by atoms with Crippen molar-refractivity contribution in [3.8, 4) is 0 Å². The van der Waals surface area contributed by atoms with Crippen molar-refractivity contribution in [2.45, 2.75) is 0 Å². The van der Waals surface area contributed by atoms with Crippen LogP contribution in [0.5, 0.6) is 0 Å². The Morgan fingerprint density at radius 2 is 1.68 bits per heavy atom. The zero-order valence-corrected chi connectivity index (χ0v) is 11.3. The van der Waals surface area contributed by atoms with Crippen molar-refractivity contribution in [1.82, 2.24) is 0 Å². The van der Waals surface area contributed by atoms with Crippen LogP contribution in [0.25, 0.3) is 5.70 Å². The number of carbonyl (C=O) groups is 1. The molecule has 3 heteroatoms. The van der Waals surface area contributed by atoms with Crippen LogP contribution < -0.4 is 4.90 Å². The first-order valence-corrected chi connectivity index (χ1v) is 6.30. The largest absolute Gasteiger partial charge is 0.344 e. The van der Waals surface area contributed by atoms with Gasteiger partial charge in [-0.25, -0.2) is 0 Å². The van der Waals surface area contributed by atoms with Gasteiger partial charge in [0.25, 0.3) is 0 Å². The van der Waals surface area contributed by atoms with Gasteiger partial charge in [-0.3, -0.25) is 4.79 Å². The number of halogens is 1. The average Bonchev–Trinajstić information content (AvgIpc) is 2.46. The number of rotatable bonds is 4. The lowest BCUT2D eigenvalue weighted by Gasteiger charge is -2.22. The van der Waals surface area contributed by atoms with E-state index in [-0.39, 0.29) is 0 Å². The second-order valence-corrected chi connectivity index (χ2v) is 4.53. The summed E-state index contributed by atoms with van der Waals surface area (Å²) in [5.41, 5.74) is 2.81. The van der Waals surface area contributed by atoms with Crippen LogP contribution >= 0.6 is 11.6 Å². The Labute approximate surface area is 117 Å². The van der Waals surface area contributed by atoms with Gasteiger partial charge in [-0.1, -0.05) is 41.9 Å². The molecule has 0 fully saturated rings. The Hall–Kier alpha value is -2.06. The molecule has 96 valence electrons. The monoisotopic (exact) mass is 271 g/mol. The van der Waals surface area contributed by atoms with Crippen LogP contribution in [0.2, 0.25) is 5.02 Å². The van der Waals surface area contributed by atoms with Crippen LogP contribution in [0.3, 0.4) is 0 Å². The zero-order chi connectivity index (χ0) is 13.7. The SMILES string of the molecule is CN(/C(=C/C=O)c1ccccc1)c1ccc(Cl)cc1. The maximum absolute atomic E-state index is 10.9. The van der Waals surface area contributed by atoms with Crippen LogP contribution in [-0.4, -0.2) is 13.3 Å². The van der Waals surface area contributed by atoms with Crippen molar-refractivity contribution in [3.05, 3.63) is 71.3 Å². The lowest BCUT2D eigenvalue weighted by Crippen LogP contribution is -2.15. The summed E-state index contributed by atoms with van der Waals surface area (Å²) in [4.78, 5) is 12.8. The van der Waals surface area contributed by atoms with E-state index in [2.05, 4.69) is 0 Å². The first-order chi connectivity index (χ1) is 9.22. The normalized spacial score (nSPS) is 11.2. The number of hydrogen-bond donors (Lipinski definition) is 0. The van der Waals surface area contributed by atoms with Gasteiger partial charge in [-0.2, -0.15) is 0 Å². The Morgan fingerprint density at radius 3 is 2.26 bits per heavy atom. The molecule has 0 unspecified atom stereocenters. The molecule has 0 bridgehead atoms. The number of benzene rings is 2. The second kappa shape index (κ2) is 6.21. The molecule has 2 aromatic carbocycles. The molecule has 0 heterocycles. The van der Waals surface area contributed by atoms with Crippen LogP contribution in [0.4, 0.5) is 5.69 Å². The Bertz CT molecular complexity index is 575. The van der Waals surface area contributed by atoms with E-state index in [1.165, 1.54) is 0 Å². The first kappa shape index (κ1) is 13.4. The molecule has 2 aromatic rings. The summed E-state index contributed by atoms with van der Waals surface area (Å²) in [6, 6.07) is 17.3. The lowest BCUT2D eigenvalue weighted by molar-refractivity contribution is -0.104. The smallest absolute Gasteiger partial charge is 0.144 e. The Morgan fingerprint density at radius 1 is 1.05 bits per heavy atom. The fourth-order valence-corrected chi connectivity index (χ4v) is 2.00. The topological polar surface area (TPSA) is 20.3 Å². The molecule has 0 aliphatic heterocycles. The highest BCUT2D eigenvalue weighted by atomic mass is 35.5. The third-order valence-electron chi connectivity index (χ3n) is 2.87. The van der Waals surface area contributed by atoms with E-state index >= 15 is 0 Å². The summed E-state index contributed by atoms with van der Waals surface area (Å²) in [5.74, 6) is 0. The van der Waals surface area contributed by atoms with Crippen molar-refractivity contribution in [2.75, 3.05) is 11.9 Å². The van der Waals surface area contributed by atoms with E-state index in [0.717, 1.165) is 23.2 Å². The summed E-state index contributed by atoms with van der Waals surface area (Å²) < 4.78 is 0. The minimum atomic E-state index is 0.692. The summed E-state index contributed by atoms with van der Waals surface area (Å²) in [6.07, 6.45) is 2.36. The van der Waals surface area contributed by atoms with E-state index < -0.39 is 0 Å². The summed E-state index contributed by atoms with van der Waals surface area (Å²) in [7, 11) is 1.92. The molecular weight excluding hydrogens is 258 g/mol. The van der Waals surface area contributed by atoms with Gasteiger partial charge in [0.15, 0.2) is 0 Å². The van der Waals surface area contributed by atoms with Crippen LogP contribution in [0, 0.1) is 0 Å². The average molecular weight is 272 g/mol. The summed E-state index contributed by atoms with van der Waals surface area (Å²) in [6.45, 7) is 0. The number of nitrogens with zero attached hydrogens (tertiary/aromatic N) is 1. The summed E-state index contributed by atoms with van der Waals surface area (Å²) >= 11 is 5.88. The van der Waals surface area contributed by atoms with Crippen molar-refractivity contribution < 1.29 is 4.79 Å². The predicted octanol–water partition coefficient (Wildman–Crippen LogP) is 4.02. The van der Waals surface area contributed by atoms with Crippen molar-refractivity contribution in [1.29, 1.82) is 0 Å². The third-order valence-corrected chi connectivity index (χ3v) is 3.12. The minimum Gasteiger partial charge on any atom is -0.344 e. The molecule has 0 N–H and O–H groups in total. The maximum Gasteiger partial charge on any atom is 0.144 e. The van der Waals surface area contributed by atoms with Gasteiger partial charge in [0, 0.05) is 23.8 Å². The molecule has 2 nitrogen and oxygen atoms in total. The number of aldehydes is 1. The molecule has 0 saturated carbocycles. The highest BCUT2D eigenvalue weighted by Gasteiger charge is 2.09. The molecule has 0 amide bonds. The van der Waals surface area contributed by atoms with Crippen molar-refractivity contribution in [2.24, 2.45) is 0 Å². The number of allylic oxidation sites excluding steroid dienone is 1. The molecule has 19 heavy (non-hydrogen) atoms. The van der Waals surface area contributed by atoms with Crippen LogP contribution in [0.15, 0.2) is 60.7 Å². The molecule has 0 atom stereocenters. The van der Waals surface area contributed by atoms with E-state index in [4.69, 9.17) is 11.6 Å². The van der Waals surface area contributed by atoms with Gasteiger partial charge < -0.3 is 4.90 Å². The number of hydrogen-bond acceptors (Lipinski definition) is 2. The highest BCUT2D eigenvalue weighted by Crippen LogP contribution is 2.25. The zero-order valence-electron chi connectivity index (χ0n) is 10.6. The molecule has 0 aliphatic rings. The van der Waals surface area contributed by atoms with Gasteiger partial charge in [0.1, 0.15) is 6.29 Å². The third kappa shape index (κ3) is 3.24. The second-order valence-electron chi connectivity index (χ2n) is 4.09. The quantitative estimate of drug-likeness (QED) is 0.618. The van der Waals surface area contributed by atoms with E-state index in [9.17, 15) is 4.79 Å². The van der Waals surface area contributed by atoms with Crippen molar-refractivity contribution >= 4 is 29.3 Å². The summed E-state index contributed by atoms with van der Waals surface area (Å²) in [5, 5.41) is 0.692.